The Labute approximate surface area is 159 Å². The summed E-state index contributed by atoms with van der Waals surface area (Å²) >= 11 is 0. The molecular weight excluding hydrogens is 340 g/mol. The fourth-order valence-electron chi connectivity index (χ4n) is 3.16. The number of piperazine rings is 1. The van der Waals surface area contributed by atoms with Crippen LogP contribution >= 0.6 is 0 Å². The Morgan fingerprint density at radius 3 is 2.26 bits per heavy atom. The minimum atomic E-state index is -0.640. The van der Waals surface area contributed by atoms with Gasteiger partial charge in [-0.25, -0.2) is 0 Å². The molecular formula is C21H26N4O2. The molecule has 0 aromatic heterocycles. The second-order valence-corrected chi connectivity index (χ2v) is 6.90. The highest BCUT2D eigenvalue weighted by Gasteiger charge is 2.26. The molecule has 0 bridgehead atoms. The van der Waals surface area contributed by atoms with Gasteiger partial charge >= 0.3 is 0 Å². The summed E-state index contributed by atoms with van der Waals surface area (Å²) in [7, 11) is 0. The zero-order valence-corrected chi connectivity index (χ0v) is 15.6. The number of nitrogens with two attached hydrogens (primary N) is 1. The van der Waals surface area contributed by atoms with Gasteiger partial charge in [0.1, 0.15) is 6.04 Å². The fourth-order valence-corrected chi connectivity index (χ4v) is 3.16. The molecule has 2 aromatic carbocycles. The molecule has 27 heavy (non-hydrogen) atoms. The van der Waals surface area contributed by atoms with E-state index in [0.29, 0.717) is 32.7 Å². The van der Waals surface area contributed by atoms with E-state index in [2.05, 4.69) is 10.2 Å². The summed E-state index contributed by atoms with van der Waals surface area (Å²) in [6.45, 7) is 4.81. The number of amides is 2. The molecule has 0 spiro atoms. The summed E-state index contributed by atoms with van der Waals surface area (Å²) in [5.74, 6) is -0.107. The summed E-state index contributed by atoms with van der Waals surface area (Å²) in [5.41, 5.74) is 8.91. The minimum Gasteiger partial charge on any atom is -0.338 e. The van der Waals surface area contributed by atoms with Crippen LogP contribution in [0, 0.1) is 6.92 Å². The van der Waals surface area contributed by atoms with Crippen LogP contribution in [-0.4, -0.2) is 54.3 Å². The van der Waals surface area contributed by atoms with Crippen LogP contribution in [0.15, 0.2) is 54.6 Å². The molecule has 3 rings (SSSR count). The fraction of sp³-hybridized carbons (Fsp3) is 0.333. The second-order valence-electron chi connectivity index (χ2n) is 6.90. The van der Waals surface area contributed by atoms with Gasteiger partial charge in [0.25, 0.3) is 0 Å². The molecule has 2 aromatic rings. The van der Waals surface area contributed by atoms with Gasteiger partial charge in [0.05, 0.1) is 6.54 Å². The first-order valence-corrected chi connectivity index (χ1v) is 9.21. The van der Waals surface area contributed by atoms with Gasteiger partial charge in [-0.3, -0.25) is 14.5 Å². The van der Waals surface area contributed by atoms with Crippen molar-refractivity contribution in [2.24, 2.45) is 5.73 Å². The number of hydrogen-bond acceptors (Lipinski definition) is 4. The van der Waals surface area contributed by atoms with E-state index in [-0.39, 0.29) is 11.8 Å². The summed E-state index contributed by atoms with van der Waals surface area (Å²) in [5, 5.41) is 2.89. The van der Waals surface area contributed by atoms with Crippen LogP contribution in [0.5, 0.6) is 0 Å². The maximum absolute atomic E-state index is 12.7. The van der Waals surface area contributed by atoms with Gasteiger partial charge < -0.3 is 16.0 Å². The summed E-state index contributed by atoms with van der Waals surface area (Å²) < 4.78 is 0. The number of anilines is 1. The van der Waals surface area contributed by atoms with Crippen molar-refractivity contribution in [2.75, 3.05) is 38.0 Å². The van der Waals surface area contributed by atoms with Crippen LogP contribution in [0.25, 0.3) is 0 Å². The normalized spacial score (nSPS) is 16.0. The van der Waals surface area contributed by atoms with Crippen LogP contribution in [0.2, 0.25) is 0 Å². The molecule has 1 aliphatic heterocycles. The highest BCUT2D eigenvalue weighted by Crippen LogP contribution is 2.16. The number of carbonyl (C=O) groups is 2. The molecule has 0 saturated carbocycles. The zero-order valence-electron chi connectivity index (χ0n) is 15.6. The summed E-state index contributed by atoms with van der Waals surface area (Å²) in [4.78, 5) is 28.7. The molecule has 142 valence electrons. The van der Waals surface area contributed by atoms with Gasteiger partial charge in [0.15, 0.2) is 0 Å². The molecule has 2 amide bonds. The molecule has 1 saturated heterocycles. The van der Waals surface area contributed by atoms with E-state index in [1.165, 1.54) is 0 Å². The van der Waals surface area contributed by atoms with Crippen LogP contribution in [0.3, 0.4) is 0 Å². The number of para-hydroxylation sites is 1. The Bertz CT molecular complexity index is 769. The molecule has 3 N–H and O–H groups in total. The quantitative estimate of drug-likeness (QED) is 0.845. The number of carbonyl (C=O) groups excluding carboxylic acids is 2. The molecule has 1 fully saturated rings. The summed E-state index contributed by atoms with van der Waals surface area (Å²) in [6.07, 6.45) is 0. The van der Waals surface area contributed by atoms with Crippen LogP contribution in [0.1, 0.15) is 17.2 Å². The predicted molar refractivity (Wildman–Crippen MR) is 106 cm³/mol. The molecule has 1 atom stereocenters. The third-order valence-electron chi connectivity index (χ3n) is 4.81. The highest BCUT2D eigenvalue weighted by atomic mass is 16.2. The third kappa shape index (κ3) is 5.15. The predicted octanol–water partition coefficient (Wildman–Crippen LogP) is 1.78. The maximum atomic E-state index is 12.7. The molecule has 6 heteroatoms. The lowest BCUT2D eigenvalue weighted by Crippen LogP contribution is -2.52. The van der Waals surface area contributed by atoms with Crippen molar-refractivity contribution in [2.45, 2.75) is 13.0 Å². The smallest absolute Gasteiger partial charge is 0.244 e. The first kappa shape index (κ1) is 19.1. The van der Waals surface area contributed by atoms with Gasteiger partial charge in [0.2, 0.25) is 11.8 Å². The van der Waals surface area contributed by atoms with Crippen molar-refractivity contribution in [1.82, 2.24) is 9.80 Å². The second kappa shape index (κ2) is 8.79. The Morgan fingerprint density at radius 2 is 1.63 bits per heavy atom. The van der Waals surface area contributed by atoms with E-state index >= 15 is 0 Å². The van der Waals surface area contributed by atoms with Crippen molar-refractivity contribution in [1.29, 1.82) is 0 Å². The van der Waals surface area contributed by atoms with E-state index in [9.17, 15) is 9.59 Å². The first-order chi connectivity index (χ1) is 13.0. The molecule has 0 aliphatic carbocycles. The number of hydrogen-bond donors (Lipinski definition) is 2. The Morgan fingerprint density at radius 1 is 1.00 bits per heavy atom. The average molecular weight is 366 g/mol. The van der Waals surface area contributed by atoms with Crippen LogP contribution in [-0.2, 0) is 9.59 Å². The Hall–Kier alpha value is -2.70. The van der Waals surface area contributed by atoms with Crippen molar-refractivity contribution < 1.29 is 9.59 Å². The van der Waals surface area contributed by atoms with Crippen LogP contribution in [0.4, 0.5) is 5.69 Å². The zero-order chi connectivity index (χ0) is 19.2. The Balaban J connectivity index is 1.47. The van der Waals surface area contributed by atoms with Crippen molar-refractivity contribution in [3.8, 4) is 0 Å². The standard InChI is InChI=1S/C21H26N4O2/c1-16-7-9-17(10-8-16)20(22)21(27)25-13-11-24(12-14-25)15-19(26)23-18-5-3-2-4-6-18/h2-10,20H,11-15,22H2,1H3,(H,23,26). The third-order valence-corrected chi connectivity index (χ3v) is 4.81. The van der Waals surface area contributed by atoms with E-state index in [0.717, 1.165) is 16.8 Å². The monoisotopic (exact) mass is 366 g/mol. The van der Waals surface area contributed by atoms with E-state index in [4.69, 9.17) is 5.73 Å². The topological polar surface area (TPSA) is 78.7 Å². The number of benzene rings is 2. The first-order valence-electron chi connectivity index (χ1n) is 9.21. The van der Waals surface area contributed by atoms with Gasteiger partial charge in [-0.15, -0.1) is 0 Å². The van der Waals surface area contributed by atoms with Crippen LogP contribution < -0.4 is 11.1 Å². The van der Waals surface area contributed by atoms with E-state index < -0.39 is 6.04 Å². The van der Waals surface area contributed by atoms with Gasteiger partial charge in [-0.2, -0.15) is 0 Å². The lowest BCUT2D eigenvalue weighted by atomic mass is 10.0. The molecule has 0 radical (unpaired) electrons. The highest BCUT2D eigenvalue weighted by molar-refractivity contribution is 5.92. The molecule has 1 aliphatic rings. The van der Waals surface area contributed by atoms with Crippen molar-refractivity contribution in [3.05, 3.63) is 65.7 Å². The SMILES string of the molecule is Cc1ccc(C(N)C(=O)N2CCN(CC(=O)Nc3ccccc3)CC2)cc1. The minimum absolute atomic E-state index is 0.0441. The van der Waals surface area contributed by atoms with E-state index in [1.807, 2.05) is 61.5 Å². The average Bonchev–Trinajstić information content (AvgIpc) is 2.69. The molecule has 6 nitrogen and oxygen atoms in total. The number of rotatable bonds is 5. The van der Waals surface area contributed by atoms with Gasteiger partial charge in [-0.05, 0) is 24.6 Å². The maximum Gasteiger partial charge on any atom is 0.244 e. The largest absolute Gasteiger partial charge is 0.338 e. The molecule has 1 unspecified atom stereocenters. The summed E-state index contributed by atoms with van der Waals surface area (Å²) in [6, 6.07) is 16.5. The lowest BCUT2D eigenvalue weighted by Gasteiger charge is -2.35. The van der Waals surface area contributed by atoms with Crippen molar-refractivity contribution in [3.63, 3.8) is 0 Å². The van der Waals surface area contributed by atoms with Gasteiger partial charge in [0, 0.05) is 31.9 Å². The lowest BCUT2D eigenvalue weighted by molar-refractivity contribution is -0.134. The van der Waals surface area contributed by atoms with Crippen molar-refractivity contribution >= 4 is 17.5 Å². The molecule has 1 heterocycles. The Kier molecular flexibility index (Phi) is 6.21. The number of nitrogens with zero attached hydrogens (tertiary/aromatic N) is 2. The number of aryl methyl sites for hydroxylation is 1. The van der Waals surface area contributed by atoms with E-state index in [1.54, 1.807) is 4.90 Å². The number of nitrogens with one attached hydrogen (secondary N) is 1. The van der Waals surface area contributed by atoms with Gasteiger partial charge in [-0.1, -0.05) is 48.0 Å².